The van der Waals surface area contributed by atoms with Crippen LogP contribution in [0.4, 0.5) is 0 Å². The Morgan fingerprint density at radius 1 is 0.950 bits per heavy atom. The average molecular weight is 264 g/mol. The van der Waals surface area contributed by atoms with Gasteiger partial charge in [-0.05, 0) is 31.0 Å². The maximum Gasteiger partial charge on any atom is 0.0457 e. The van der Waals surface area contributed by atoms with Gasteiger partial charge in [0.05, 0.1) is 0 Å². The molecule has 1 atom stereocenters. The molecule has 0 aliphatic rings. The van der Waals surface area contributed by atoms with Gasteiger partial charge in [0, 0.05) is 28.6 Å². The van der Waals surface area contributed by atoms with Crippen LogP contribution in [0.2, 0.25) is 0 Å². The molecule has 0 aliphatic carbocycles. The fourth-order valence-corrected chi connectivity index (χ4v) is 2.99. The van der Waals surface area contributed by atoms with Crippen LogP contribution >= 0.6 is 0 Å². The molecule has 0 fully saturated rings. The van der Waals surface area contributed by atoms with Crippen molar-refractivity contribution in [2.24, 2.45) is 5.73 Å². The van der Waals surface area contributed by atoms with Crippen molar-refractivity contribution < 1.29 is 0 Å². The third-order valence-electron chi connectivity index (χ3n) is 3.81. The Balaban J connectivity index is 2.20. The van der Waals surface area contributed by atoms with Gasteiger partial charge in [0.15, 0.2) is 0 Å². The first-order chi connectivity index (χ1) is 9.57. The molecule has 0 saturated heterocycles. The van der Waals surface area contributed by atoms with Gasteiger partial charge in [0.2, 0.25) is 0 Å². The van der Waals surface area contributed by atoms with Crippen LogP contribution in [0.1, 0.15) is 30.9 Å². The average Bonchev–Trinajstić information content (AvgIpc) is 2.83. The fraction of sp³-hybridized carbons (Fsp3) is 0.222. The second kappa shape index (κ2) is 4.80. The van der Waals surface area contributed by atoms with E-state index in [9.17, 15) is 0 Å². The zero-order chi connectivity index (χ0) is 14.2. The molecule has 0 radical (unpaired) electrons. The standard InChI is InChI=1S/C18H20N2/c1-18(2,19)17(13-8-4-3-5-9-13)15-12-20-16-11-7-6-10-14(15)16/h3-12,17,20H,19H2,1-2H3. The first-order valence-corrected chi connectivity index (χ1v) is 6.97. The molecule has 2 heteroatoms. The molecule has 0 saturated carbocycles. The SMILES string of the molecule is CC(C)(N)C(c1ccccc1)c1c[nH]c2ccccc12. The molecule has 0 bridgehead atoms. The van der Waals surface area contributed by atoms with Crippen molar-refractivity contribution in [1.29, 1.82) is 0 Å². The number of H-pyrrole nitrogens is 1. The molecule has 0 amide bonds. The number of nitrogens with two attached hydrogens (primary N) is 1. The largest absolute Gasteiger partial charge is 0.361 e. The van der Waals surface area contributed by atoms with Gasteiger partial charge < -0.3 is 10.7 Å². The van der Waals surface area contributed by atoms with Crippen molar-refractivity contribution in [1.82, 2.24) is 4.98 Å². The van der Waals surface area contributed by atoms with Gasteiger partial charge in [-0.25, -0.2) is 0 Å². The van der Waals surface area contributed by atoms with Crippen LogP contribution in [-0.4, -0.2) is 10.5 Å². The predicted molar refractivity (Wildman–Crippen MR) is 84.9 cm³/mol. The van der Waals surface area contributed by atoms with E-state index in [0.29, 0.717) is 0 Å². The van der Waals surface area contributed by atoms with E-state index in [-0.39, 0.29) is 11.5 Å². The highest BCUT2D eigenvalue weighted by Gasteiger charge is 2.30. The Bertz CT molecular complexity index is 705. The normalized spacial score (nSPS) is 13.6. The molecule has 3 N–H and O–H groups in total. The second-order valence-corrected chi connectivity index (χ2v) is 5.95. The van der Waals surface area contributed by atoms with Gasteiger partial charge in [-0.1, -0.05) is 48.5 Å². The molecule has 102 valence electrons. The Morgan fingerprint density at radius 3 is 2.30 bits per heavy atom. The smallest absolute Gasteiger partial charge is 0.0457 e. The van der Waals surface area contributed by atoms with Crippen LogP contribution in [-0.2, 0) is 0 Å². The van der Waals surface area contributed by atoms with Gasteiger partial charge in [-0.15, -0.1) is 0 Å². The molecule has 3 aromatic rings. The van der Waals surface area contributed by atoms with Crippen LogP contribution in [0, 0.1) is 0 Å². The highest BCUT2D eigenvalue weighted by molar-refractivity contribution is 5.84. The number of aromatic nitrogens is 1. The summed E-state index contributed by atoms with van der Waals surface area (Å²) in [5.41, 5.74) is 9.83. The maximum absolute atomic E-state index is 6.48. The van der Waals surface area contributed by atoms with Crippen LogP contribution in [0.3, 0.4) is 0 Å². The molecule has 2 aromatic carbocycles. The van der Waals surface area contributed by atoms with Gasteiger partial charge in [0.25, 0.3) is 0 Å². The molecule has 0 spiro atoms. The van der Waals surface area contributed by atoms with E-state index >= 15 is 0 Å². The third kappa shape index (κ3) is 2.23. The molecule has 1 aromatic heterocycles. The monoisotopic (exact) mass is 264 g/mol. The predicted octanol–water partition coefficient (Wildman–Crippen LogP) is 4.04. The zero-order valence-corrected chi connectivity index (χ0v) is 11.9. The topological polar surface area (TPSA) is 41.8 Å². The molecule has 3 rings (SSSR count). The van der Waals surface area contributed by atoms with E-state index in [1.165, 1.54) is 16.5 Å². The van der Waals surface area contributed by atoms with Crippen molar-refractivity contribution in [2.45, 2.75) is 25.3 Å². The lowest BCUT2D eigenvalue weighted by Gasteiger charge is -2.31. The third-order valence-corrected chi connectivity index (χ3v) is 3.81. The molecule has 1 heterocycles. The molecule has 20 heavy (non-hydrogen) atoms. The Kier molecular flexibility index (Phi) is 3.11. The number of rotatable bonds is 3. The number of nitrogens with one attached hydrogen (secondary N) is 1. The van der Waals surface area contributed by atoms with Crippen LogP contribution in [0.5, 0.6) is 0 Å². The number of benzene rings is 2. The van der Waals surface area contributed by atoms with Crippen molar-refractivity contribution in [3.63, 3.8) is 0 Å². The highest BCUT2D eigenvalue weighted by atomic mass is 14.7. The lowest BCUT2D eigenvalue weighted by Crippen LogP contribution is -2.39. The van der Waals surface area contributed by atoms with Crippen LogP contribution < -0.4 is 5.73 Å². The number of fused-ring (bicyclic) bond motifs is 1. The van der Waals surface area contributed by atoms with Crippen molar-refractivity contribution in [3.8, 4) is 0 Å². The summed E-state index contributed by atoms with van der Waals surface area (Å²) in [5, 5.41) is 1.25. The minimum Gasteiger partial charge on any atom is -0.361 e. The summed E-state index contributed by atoms with van der Waals surface area (Å²) in [5.74, 6) is 0.167. The first-order valence-electron chi connectivity index (χ1n) is 6.97. The molecule has 2 nitrogen and oxygen atoms in total. The van der Waals surface area contributed by atoms with E-state index in [1.807, 2.05) is 12.1 Å². The summed E-state index contributed by atoms with van der Waals surface area (Å²) < 4.78 is 0. The van der Waals surface area contributed by atoms with E-state index in [1.54, 1.807) is 0 Å². The lowest BCUT2D eigenvalue weighted by atomic mass is 9.78. The number of aromatic amines is 1. The maximum atomic E-state index is 6.48. The van der Waals surface area contributed by atoms with Crippen LogP contribution in [0.15, 0.2) is 60.8 Å². The summed E-state index contributed by atoms with van der Waals surface area (Å²) in [7, 11) is 0. The number of para-hydroxylation sites is 1. The molecule has 0 aliphatic heterocycles. The van der Waals surface area contributed by atoms with E-state index < -0.39 is 0 Å². The molecular formula is C18H20N2. The molecule has 1 unspecified atom stereocenters. The minimum atomic E-state index is -0.327. The summed E-state index contributed by atoms with van der Waals surface area (Å²) in [6, 6.07) is 18.9. The Labute approximate surface area is 119 Å². The summed E-state index contributed by atoms with van der Waals surface area (Å²) in [4.78, 5) is 3.35. The van der Waals surface area contributed by atoms with E-state index in [4.69, 9.17) is 5.73 Å². The number of hydrogen-bond acceptors (Lipinski definition) is 1. The Morgan fingerprint density at radius 2 is 1.60 bits per heavy atom. The molecular weight excluding hydrogens is 244 g/mol. The summed E-state index contributed by atoms with van der Waals surface area (Å²) in [6.07, 6.45) is 2.09. The van der Waals surface area contributed by atoms with Gasteiger partial charge in [-0.3, -0.25) is 0 Å². The lowest BCUT2D eigenvalue weighted by molar-refractivity contribution is 0.459. The first kappa shape index (κ1) is 12.9. The fourth-order valence-electron chi connectivity index (χ4n) is 2.99. The van der Waals surface area contributed by atoms with E-state index in [2.05, 4.69) is 67.5 Å². The van der Waals surface area contributed by atoms with Crippen molar-refractivity contribution >= 4 is 10.9 Å². The quantitative estimate of drug-likeness (QED) is 0.736. The van der Waals surface area contributed by atoms with Crippen molar-refractivity contribution in [3.05, 3.63) is 71.9 Å². The van der Waals surface area contributed by atoms with Gasteiger partial charge in [-0.2, -0.15) is 0 Å². The van der Waals surface area contributed by atoms with Gasteiger partial charge >= 0.3 is 0 Å². The van der Waals surface area contributed by atoms with Crippen LogP contribution in [0.25, 0.3) is 10.9 Å². The van der Waals surface area contributed by atoms with Crippen molar-refractivity contribution in [2.75, 3.05) is 0 Å². The Hall–Kier alpha value is -2.06. The highest BCUT2D eigenvalue weighted by Crippen LogP contribution is 2.37. The van der Waals surface area contributed by atoms with E-state index in [0.717, 1.165) is 5.52 Å². The number of hydrogen-bond donors (Lipinski definition) is 2. The second-order valence-electron chi connectivity index (χ2n) is 5.95. The summed E-state index contributed by atoms with van der Waals surface area (Å²) in [6.45, 7) is 4.18. The zero-order valence-electron chi connectivity index (χ0n) is 11.9. The minimum absolute atomic E-state index is 0.167. The van der Waals surface area contributed by atoms with Gasteiger partial charge in [0.1, 0.15) is 0 Å². The summed E-state index contributed by atoms with van der Waals surface area (Å²) >= 11 is 0.